The number of hydrogen-bond acceptors (Lipinski definition) is 0. The molecule has 1 aliphatic carbocycles. The molecule has 0 radical (unpaired) electrons. The van der Waals surface area contributed by atoms with Crippen LogP contribution in [0, 0.1) is 29.2 Å². The Labute approximate surface area is 171 Å². The third-order valence-corrected chi connectivity index (χ3v) is 6.27. The Morgan fingerprint density at radius 1 is 0.724 bits per heavy atom. The molecule has 0 saturated heterocycles. The van der Waals surface area contributed by atoms with E-state index in [-0.39, 0.29) is 28.5 Å². The minimum absolute atomic E-state index is 0.00179. The van der Waals surface area contributed by atoms with Crippen molar-refractivity contribution in [2.24, 2.45) is 5.92 Å². The molecule has 158 valence electrons. The second kappa shape index (κ2) is 9.32. The summed E-state index contributed by atoms with van der Waals surface area (Å²) >= 11 is 0. The van der Waals surface area contributed by atoms with Crippen LogP contribution in [0.1, 0.15) is 88.7 Å². The van der Waals surface area contributed by atoms with Crippen LogP contribution < -0.4 is 0 Å². The lowest BCUT2D eigenvalue weighted by molar-refractivity contribution is 0.417. The van der Waals surface area contributed by atoms with Gasteiger partial charge >= 0.3 is 0 Å². The highest BCUT2D eigenvalue weighted by Crippen LogP contribution is 2.38. The number of benzene rings is 2. The van der Waals surface area contributed by atoms with Gasteiger partial charge < -0.3 is 0 Å². The number of hydrogen-bond donors (Lipinski definition) is 0. The van der Waals surface area contributed by atoms with Gasteiger partial charge in [0.25, 0.3) is 0 Å². The summed E-state index contributed by atoms with van der Waals surface area (Å²) < 4.78 is 59.1. The van der Waals surface area contributed by atoms with Crippen LogP contribution in [0.25, 0.3) is 11.1 Å². The molecular weight excluding hydrogens is 376 g/mol. The van der Waals surface area contributed by atoms with Crippen molar-refractivity contribution >= 4 is 0 Å². The Kier molecular flexibility index (Phi) is 7.02. The Morgan fingerprint density at radius 2 is 1.31 bits per heavy atom. The first kappa shape index (κ1) is 21.9. The molecule has 0 heterocycles. The SMILES string of the molecule is CC(C)CCC(C)c1ccc(-c2ccc(C3CCCCC3)c(F)c2F)c(F)c1F. The lowest BCUT2D eigenvalue weighted by atomic mass is 9.83. The van der Waals surface area contributed by atoms with Gasteiger partial charge in [0, 0.05) is 11.1 Å². The summed E-state index contributed by atoms with van der Waals surface area (Å²) in [5, 5.41) is 0. The number of halogens is 4. The molecule has 1 saturated carbocycles. The van der Waals surface area contributed by atoms with Crippen molar-refractivity contribution in [2.75, 3.05) is 0 Å². The van der Waals surface area contributed by atoms with Gasteiger partial charge in [0.2, 0.25) is 0 Å². The summed E-state index contributed by atoms with van der Waals surface area (Å²) in [4.78, 5) is 0. The van der Waals surface area contributed by atoms with Crippen LogP contribution in [0.15, 0.2) is 24.3 Å². The van der Waals surface area contributed by atoms with E-state index in [2.05, 4.69) is 13.8 Å². The summed E-state index contributed by atoms with van der Waals surface area (Å²) in [6, 6.07) is 5.81. The quantitative estimate of drug-likeness (QED) is 0.422. The highest BCUT2D eigenvalue weighted by atomic mass is 19.2. The maximum atomic E-state index is 14.8. The molecular formula is C25H30F4. The maximum absolute atomic E-state index is 14.8. The third-order valence-electron chi connectivity index (χ3n) is 6.27. The summed E-state index contributed by atoms with van der Waals surface area (Å²) in [6.07, 6.45) is 6.45. The molecule has 0 spiro atoms. The van der Waals surface area contributed by atoms with E-state index in [0.717, 1.165) is 44.9 Å². The van der Waals surface area contributed by atoms with Gasteiger partial charge in [-0.25, -0.2) is 17.6 Å². The van der Waals surface area contributed by atoms with Gasteiger partial charge in [0.1, 0.15) is 0 Å². The monoisotopic (exact) mass is 406 g/mol. The van der Waals surface area contributed by atoms with Crippen molar-refractivity contribution < 1.29 is 17.6 Å². The summed E-state index contributed by atoms with van der Waals surface area (Å²) in [5.41, 5.74) is 0.186. The fourth-order valence-electron chi connectivity index (χ4n) is 4.39. The Hall–Kier alpha value is -1.84. The minimum atomic E-state index is -1.11. The van der Waals surface area contributed by atoms with E-state index in [1.54, 1.807) is 6.07 Å². The summed E-state index contributed by atoms with van der Waals surface area (Å²) in [7, 11) is 0. The zero-order valence-electron chi connectivity index (χ0n) is 17.5. The van der Waals surface area contributed by atoms with Crippen LogP contribution in [0.4, 0.5) is 17.6 Å². The predicted octanol–water partition coefficient (Wildman–Crippen LogP) is 8.50. The van der Waals surface area contributed by atoms with Gasteiger partial charge in [0.05, 0.1) is 0 Å². The van der Waals surface area contributed by atoms with Gasteiger partial charge in [-0.3, -0.25) is 0 Å². The zero-order valence-corrected chi connectivity index (χ0v) is 17.5. The first-order chi connectivity index (χ1) is 13.8. The van der Waals surface area contributed by atoms with Gasteiger partial charge in [0.15, 0.2) is 23.3 Å². The standard InChI is InChI=1S/C25H30F4/c1-15(2)9-10-16(3)18-11-13-20(24(28)22(18)26)21-14-12-19(23(27)25(21)29)17-7-5-4-6-8-17/h11-17H,4-10H2,1-3H3. The van der Waals surface area contributed by atoms with Crippen molar-refractivity contribution in [2.45, 2.75) is 77.6 Å². The van der Waals surface area contributed by atoms with E-state index in [0.29, 0.717) is 11.5 Å². The van der Waals surface area contributed by atoms with Crippen molar-refractivity contribution in [3.63, 3.8) is 0 Å². The molecule has 1 fully saturated rings. The molecule has 0 aromatic heterocycles. The van der Waals surface area contributed by atoms with Crippen molar-refractivity contribution in [3.8, 4) is 11.1 Å². The fraction of sp³-hybridized carbons (Fsp3) is 0.520. The van der Waals surface area contributed by atoms with E-state index >= 15 is 0 Å². The molecule has 1 aliphatic rings. The molecule has 0 bridgehead atoms. The summed E-state index contributed by atoms with van der Waals surface area (Å²) in [5.74, 6) is -3.76. The zero-order chi connectivity index (χ0) is 21.1. The van der Waals surface area contributed by atoms with E-state index in [1.165, 1.54) is 18.2 Å². The van der Waals surface area contributed by atoms with Crippen LogP contribution in [-0.2, 0) is 0 Å². The lowest BCUT2D eigenvalue weighted by Crippen LogP contribution is -2.09. The average molecular weight is 407 g/mol. The van der Waals surface area contributed by atoms with Gasteiger partial charge in [-0.15, -0.1) is 0 Å². The van der Waals surface area contributed by atoms with Crippen LogP contribution in [0.5, 0.6) is 0 Å². The van der Waals surface area contributed by atoms with E-state index in [9.17, 15) is 17.6 Å². The molecule has 0 aliphatic heterocycles. The number of rotatable bonds is 6. The molecule has 4 heteroatoms. The van der Waals surface area contributed by atoms with Gasteiger partial charge in [-0.2, -0.15) is 0 Å². The van der Waals surface area contributed by atoms with Crippen LogP contribution >= 0.6 is 0 Å². The van der Waals surface area contributed by atoms with Crippen LogP contribution in [0.3, 0.4) is 0 Å². The second-order valence-corrected chi connectivity index (χ2v) is 8.87. The molecule has 0 nitrogen and oxygen atoms in total. The minimum Gasteiger partial charge on any atom is -0.203 e. The van der Waals surface area contributed by atoms with Crippen LogP contribution in [-0.4, -0.2) is 0 Å². The predicted molar refractivity (Wildman–Crippen MR) is 110 cm³/mol. The Balaban J connectivity index is 1.92. The molecule has 2 aromatic carbocycles. The van der Waals surface area contributed by atoms with Crippen molar-refractivity contribution in [1.82, 2.24) is 0 Å². The summed E-state index contributed by atoms with van der Waals surface area (Å²) in [6.45, 7) is 6.03. The topological polar surface area (TPSA) is 0 Å². The maximum Gasteiger partial charge on any atom is 0.167 e. The first-order valence-electron chi connectivity index (χ1n) is 10.8. The molecule has 3 rings (SSSR count). The molecule has 29 heavy (non-hydrogen) atoms. The highest BCUT2D eigenvalue weighted by Gasteiger charge is 2.25. The smallest absolute Gasteiger partial charge is 0.167 e. The Bertz CT molecular complexity index is 850. The normalized spacial score (nSPS) is 16.4. The molecule has 0 N–H and O–H groups in total. The van der Waals surface area contributed by atoms with Gasteiger partial charge in [-0.1, -0.05) is 70.7 Å². The third kappa shape index (κ3) is 4.67. The Morgan fingerprint density at radius 3 is 1.93 bits per heavy atom. The molecule has 1 atom stereocenters. The molecule has 0 amide bonds. The van der Waals surface area contributed by atoms with E-state index in [1.807, 2.05) is 6.92 Å². The first-order valence-corrected chi connectivity index (χ1v) is 10.8. The fourth-order valence-corrected chi connectivity index (χ4v) is 4.39. The largest absolute Gasteiger partial charge is 0.203 e. The highest BCUT2D eigenvalue weighted by molar-refractivity contribution is 5.66. The van der Waals surface area contributed by atoms with Crippen molar-refractivity contribution in [3.05, 3.63) is 58.7 Å². The lowest BCUT2D eigenvalue weighted by Gasteiger charge is -2.23. The van der Waals surface area contributed by atoms with E-state index in [4.69, 9.17) is 0 Å². The van der Waals surface area contributed by atoms with E-state index < -0.39 is 23.3 Å². The second-order valence-electron chi connectivity index (χ2n) is 8.87. The molecule has 1 unspecified atom stereocenters. The van der Waals surface area contributed by atoms with Crippen LogP contribution in [0.2, 0.25) is 0 Å². The average Bonchev–Trinajstić information content (AvgIpc) is 2.71. The van der Waals surface area contributed by atoms with Gasteiger partial charge in [-0.05, 0) is 48.1 Å². The molecule has 2 aromatic rings. The van der Waals surface area contributed by atoms with Crippen molar-refractivity contribution in [1.29, 1.82) is 0 Å².